The smallest absolute Gasteiger partial charge is 0.362 e. The van der Waals surface area contributed by atoms with Gasteiger partial charge in [-0.05, 0) is 34.9 Å². The van der Waals surface area contributed by atoms with E-state index < -0.39 is 35.2 Å². The van der Waals surface area contributed by atoms with Gasteiger partial charge in [-0.3, -0.25) is 0 Å². The van der Waals surface area contributed by atoms with Gasteiger partial charge in [-0.1, -0.05) is 35.3 Å². The molecule has 3 heterocycles. The predicted octanol–water partition coefficient (Wildman–Crippen LogP) is 6.11. The maximum absolute atomic E-state index is 15.7. The van der Waals surface area contributed by atoms with Crippen molar-refractivity contribution in [2.45, 2.75) is 29.8 Å². The van der Waals surface area contributed by atoms with E-state index in [2.05, 4.69) is 4.40 Å². The number of nitrogens with one attached hydrogen (secondary N) is 1. The van der Waals surface area contributed by atoms with Crippen LogP contribution in [-0.4, -0.2) is 42.5 Å². The second kappa shape index (κ2) is 8.50. The minimum Gasteiger partial charge on any atom is -0.362 e. The van der Waals surface area contributed by atoms with E-state index in [1.165, 1.54) is 17.0 Å². The summed E-state index contributed by atoms with van der Waals surface area (Å²) in [5.74, 6) is -0.815. The Morgan fingerprint density at radius 3 is 2.54 bits per heavy atom. The summed E-state index contributed by atoms with van der Waals surface area (Å²) in [6.07, 6.45) is -4.58. The molecule has 3 aliphatic heterocycles. The van der Waals surface area contributed by atoms with E-state index in [0.29, 0.717) is 23.2 Å². The van der Waals surface area contributed by atoms with Crippen molar-refractivity contribution >= 4 is 46.9 Å². The highest BCUT2D eigenvalue weighted by atomic mass is 35.5. The van der Waals surface area contributed by atoms with Crippen LogP contribution in [0.4, 0.5) is 26.7 Å². The van der Waals surface area contributed by atoms with Crippen LogP contribution in [-0.2, 0) is 21.9 Å². The molecular formula is C22H16Cl2F5N3O2S. The molecule has 1 atom stereocenters. The van der Waals surface area contributed by atoms with E-state index in [9.17, 15) is 22.4 Å². The van der Waals surface area contributed by atoms with Gasteiger partial charge in [0.15, 0.2) is 5.82 Å². The summed E-state index contributed by atoms with van der Waals surface area (Å²) in [7, 11) is 0. The average molecular weight is 552 g/mol. The van der Waals surface area contributed by atoms with Crippen molar-refractivity contribution in [1.29, 1.82) is 0 Å². The lowest BCUT2D eigenvalue weighted by Crippen LogP contribution is -2.63. The maximum Gasteiger partial charge on any atom is 0.405 e. The Morgan fingerprint density at radius 2 is 1.89 bits per heavy atom. The van der Waals surface area contributed by atoms with Gasteiger partial charge in [-0.15, -0.1) is 0 Å². The van der Waals surface area contributed by atoms with Gasteiger partial charge >= 0.3 is 12.2 Å². The topological polar surface area (TPSA) is 53.9 Å². The van der Waals surface area contributed by atoms with Crippen molar-refractivity contribution < 1.29 is 31.5 Å². The third kappa shape index (κ3) is 4.47. The number of hydrogen-bond donors (Lipinski definition) is 1. The van der Waals surface area contributed by atoms with E-state index in [0.717, 1.165) is 11.1 Å². The van der Waals surface area contributed by atoms with Crippen LogP contribution in [0.5, 0.6) is 0 Å². The van der Waals surface area contributed by atoms with E-state index in [1.807, 2.05) is 11.4 Å². The first kappa shape index (κ1) is 24.6. The number of hydrogen-bond acceptors (Lipinski definition) is 4. The van der Waals surface area contributed by atoms with Gasteiger partial charge in [0.25, 0.3) is 0 Å². The molecule has 0 saturated carbocycles. The fourth-order valence-corrected chi connectivity index (χ4v) is 5.72. The highest BCUT2D eigenvalue weighted by molar-refractivity contribution is 7.99. The minimum absolute atomic E-state index is 0.0894. The zero-order valence-electron chi connectivity index (χ0n) is 17.7. The van der Waals surface area contributed by atoms with Gasteiger partial charge in [0.1, 0.15) is 12.1 Å². The van der Waals surface area contributed by atoms with Crippen molar-refractivity contribution in [3.63, 3.8) is 0 Å². The fraction of sp³-hybridized carbons (Fsp3) is 0.364. The minimum atomic E-state index is -4.49. The van der Waals surface area contributed by atoms with Crippen LogP contribution in [0.25, 0.3) is 0 Å². The van der Waals surface area contributed by atoms with Crippen LogP contribution in [0, 0.1) is 5.82 Å². The van der Waals surface area contributed by atoms with Gasteiger partial charge in [-0.25, -0.2) is 18.0 Å². The van der Waals surface area contributed by atoms with Gasteiger partial charge in [-0.2, -0.15) is 13.2 Å². The van der Waals surface area contributed by atoms with Crippen LogP contribution in [0.2, 0.25) is 10.0 Å². The number of carbonyl (C=O) groups excluding carboxylic acids is 1. The number of urea groups is 1. The summed E-state index contributed by atoms with van der Waals surface area (Å²) >= 11 is 12.4. The van der Waals surface area contributed by atoms with E-state index in [4.69, 9.17) is 27.9 Å². The molecule has 2 aromatic rings. The van der Waals surface area contributed by atoms with Crippen molar-refractivity contribution in [3.8, 4) is 0 Å². The Hall–Kier alpha value is -2.08. The first-order valence-electron chi connectivity index (χ1n) is 10.4. The van der Waals surface area contributed by atoms with Crippen molar-refractivity contribution in [3.05, 3.63) is 68.4 Å². The first-order valence-corrected chi connectivity index (χ1v) is 11.9. The number of alkyl halides is 4. The Morgan fingerprint density at radius 1 is 1.20 bits per heavy atom. The zero-order chi connectivity index (χ0) is 25.2. The average Bonchev–Trinajstić information content (AvgIpc) is 3.35. The molecule has 0 aromatic heterocycles. The molecule has 5 rings (SSSR count). The molecule has 0 aliphatic carbocycles. The quantitative estimate of drug-likeness (QED) is 0.284. The number of rotatable bonds is 3. The summed E-state index contributed by atoms with van der Waals surface area (Å²) in [6, 6.07) is 6.98. The molecule has 35 heavy (non-hydrogen) atoms. The lowest BCUT2D eigenvalue weighted by molar-refractivity contribution is -0.132. The number of ether oxygens (including phenoxy) is 1. The van der Waals surface area contributed by atoms with Gasteiger partial charge in [0, 0.05) is 23.9 Å². The van der Waals surface area contributed by atoms with Gasteiger partial charge in [0.2, 0.25) is 5.00 Å². The van der Waals surface area contributed by atoms with Crippen LogP contribution in [0.15, 0.2) is 34.7 Å². The largest absolute Gasteiger partial charge is 0.405 e. The predicted molar refractivity (Wildman–Crippen MR) is 122 cm³/mol. The SMILES string of the molecule is O=C(NCC(F)(F)F)N1CC2(C1)OCc1cc(C3=NSC(F)(c4cc(Cl)c(F)c(Cl)c4)C3)ccc12. The molecule has 1 fully saturated rings. The standard InChI is InChI=1S/C22H16Cl2F5N3O2S/c23-15-4-13(5-16(24)18(15)25)21(26)6-17(31-35-21)11-1-2-14-12(3-11)7-34-20(14)9-32(10-20)19(33)30-8-22(27,28)29/h1-5H,6-10H2,(H,30,33). The number of halogens is 7. The summed E-state index contributed by atoms with van der Waals surface area (Å²) in [5, 5.41) is -0.674. The Labute approximate surface area is 210 Å². The van der Waals surface area contributed by atoms with Crippen LogP contribution in [0.3, 0.4) is 0 Å². The molecule has 1 N–H and O–H groups in total. The summed E-state index contributed by atoms with van der Waals surface area (Å²) in [4.78, 5) is 13.2. The number of likely N-dealkylation sites (tertiary alicyclic amines) is 1. The fourth-order valence-electron chi connectivity index (χ4n) is 4.38. The second-order valence-corrected chi connectivity index (χ2v) is 10.4. The van der Waals surface area contributed by atoms with Crippen molar-refractivity contribution in [2.75, 3.05) is 19.6 Å². The van der Waals surface area contributed by atoms with E-state index >= 15 is 4.39 Å². The summed E-state index contributed by atoms with van der Waals surface area (Å²) < 4.78 is 76.6. The van der Waals surface area contributed by atoms with Crippen molar-refractivity contribution in [1.82, 2.24) is 10.2 Å². The van der Waals surface area contributed by atoms with Crippen LogP contribution in [0.1, 0.15) is 28.7 Å². The van der Waals surface area contributed by atoms with Crippen molar-refractivity contribution in [2.24, 2.45) is 4.40 Å². The lowest BCUT2D eigenvalue weighted by Gasteiger charge is -2.47. The number of nitrogens with zero attached hydrogens (tertiary/aromatic N) is 2. The van der Waals surface area contributed by atoms with Gasteiger partial charge < -0.3 is 15.0 Å². The monoisotopic (exact) mass is 551 g/mol. The van der Waals surface area contributed by atoms with E-state index in [1.54, 1.807) is 12.1 Å². The maximum atomic E-state index is 15.7. The zero-order valence-corrected chi connectivity index (χ0v) is 20.0. The summed E-state index contributed by atoms with van der Waals surface area (Å²) in [6.45, 7) is -0.909. The number of carbonyl (C=O) groups is 1. The normalized spacial score (nSPS) is 22.7. The third-order valence-corrected chi connectivity index (χ3v) is 7.69. The van der Waals surface area contributed by atoms with Crippen LogP contribution < -0.4 is 5.32 Å². The molecule has 186 valence electrons. The molecule has 0 radical (unpaired) electrons. The molecule has 3 aliphatic rings. The second-order valence-electron chi connectivity index (χ2n) is 8.57. The Balaban J connectivity index is 1.28. The molecule has 2 amide bonds. The molecule has 5 nitrogen and oxygen atoms in total. The molecule has 2 aromatic carbocycles. The Bertz CT molecular complexity index is 1230. The molecule has 1 saturated heterocycles. The summed E-state index contributed by atoms with van der Waals surface area (Å²) in [5.41, 5.74) is 2.15. The lowest BCUT2D eigenvalue weighted by atomic mass is 9.84. The Kier molecular flexibility index (Phi) is 5.98. The molecule has 13 heteroatoms. The molecule has 1 unspecified atom stereocenters. The highest BCUT2D eigenvalue weighted by Crippen LogP contribution is 2.50. The molecule has 0 bridgehead atoms. The van der Waals surface area contributed by atoms with Crippen LogP contribution >= 0.6 is 35.1 Å². The first-order chi connectivity index (χ1) is 16.4. The number of fused-ring (bicyclic) bond motifs is 2. The van der Waals surface area contributed by atoms with E-state index in [-0.39, 0.29) is 41.7 Å². The third-order valence-electron chi connectivity index (χ3n) is 6.16. The number of amides is 2. The molecular weight excluding hydrogens is 536 g/mol. The molecule has 1 spiro atoms. The number of benzene rings is 2. The highest BCUT2D eigenvalue weighted by Gasteiger charge is 2.52. The van der Waals surface area contributed by atoms with Gasteiger partial charge in [0.05, 0.1) is 35.5 Å².